The second kappa shape index (κ2) is 9.53. The summed E-state index contributed by atoms with van der Waals surface area (Å²) in [6.45, 7) is 3.72. The summed E-state index contributed by atoms with van der Waals surface area (Å²) in [6, 6.07) is 8.41. The average Bonchev–Trinajstić information content (AvgIpc) is 3.10. The first-order valence-electron chi connectivity index (χ1n) is 8.54. The van der Waals surface area contributed by atoms with Crippen LogP contribution >= 0.6 is 0 Å². The summed E-state index contributed by atoms with van der Waals surface area (Å²) < 4.78 is 5.35. The lowest BCUT2D eigenvalue weighted by molar-refractivity contribution is -0.121. The third-order valence-electron chi connectivity index (χ3n) is 4.38. The van der Waals surface area contributed by atoms with Crippen molar-refractivity contribution in [3.05, 3.63) is 29.8 Å². The summed E-state index contributed by atoms with van der Waals surface area (Å²) in [4.78, 5) is 14.5. The molecule has 1 amide bonds. The standard InChI is InChI=1S/C18H29N3O2/c1-19-10-6-9-18(22)20-14-17(21-11-3-4-12-21)15-7-5-8-16(13-15)23-2/h5,7-8,13,17,19H,3-4,6,9-12,14H2,1-2H3,(H,20,22). The highest BCUT2D eigenvalue weighted by atomic mass is 16.5. The number of nitrogens with zero attached hydrogens (tertiary/aromatic N) is 1. The van der Waals surface area contributed by atoms with E-state index >= 15 is 0 Å². The van der Waals surface area contributed by atoms with E-state index in [-0.39, 0.29) is 11.9 Å². The minimum absolute atomic E-state index is 0.132. The Morgan fingerprint density at radius 3 is 2.83 bits per heavy atom. The van der Waals surface area contributed by atoms with Crippen LogP contribution in [0.2, 0.25) is 0 Å². The van der Waals surface area contributed by atoms with E-state index in [1.165, 1.54) is 18.4 Å². The highest BCUT2D eigenvalue weighted by Gasteiger charge is 2.24. The Balaban J connectivity index is 1.98. The largest absolute Gasteiger partial charge is 0.497 e. The predicted molar refractivity (Wildman–Crippen MR) is 92.7 cm³/mol. The van der Waals surface area contributed by atoms with E-state index in [0.717, 1.165) is 31.8 Å². The lowest BCUT2D eigenvalue weighted by Gasteiger charge is -2.28. The lowest BCUT2D eigenvalue weighted by Crippen LogP contribution is -2.36. The maximum absolute atomic E-state index is 12.0. The molecule has 0 radical (unpaired) electrons. The molecule has 2 rings (SSSR count). The Labute approximate surface area is 139 Å². The molecule has 1 aliphatic rings. The first-order chi connectivity index (χ1) is 11.2. The molecule has 1 fully saturated rings. The van der Waals surface area contributed by atoms with Crippen LogP contribution in [0.25, 0.3) is 0 Å². The van der Waals surface area contributed by atoms with E-state index in [1.807, 2.05) is 19.2 Å². The zero-order chi connectivity index (χ0) is 16.5. The monoisotopic (exact) mass is 319 g/mol. The van der Waals surface area contributed by atoms with E-state index < -0.39 is 0 Å². The minimum atomic E-state index is 0.132. The minimum Gasteiger partial charge on any atom is -0.497 e. The number of likely N-dealkylation sites (tertiary alicyclic amines) is 1. The molecule has 0 spiro atoms. The molecule has 5 nitrogen and oxygen atoms in total. The van der Waals surface area contributed by atoms with Crippen molar-refractivity contribution >= 4 is 5.91 Å². The Kier molecular flexibility index (Phi) is 7.36. The van der Waals surface area contributed by atoms with Gasteiger partial charge in [-0.2, -0.15) is 0 Å². The SMILES string of the molecule is CNCCCC(=O)NCC(c1cccc(OC)c1)N1CCCC1. The van der Waals surface area contributed by atoms with Crippen molar-refractivity contribution in [1.82, 2.24) is 15.5 Å². The first kappa shape index (κ1) is 17.8. The molecule has 5 heteroatoms. The van der Waals surface area contributed by atoms with Crippen molar-refractivity contribution in [3.8, 4) is 5.75 Å². The van der Waals surface area contributed by atoms with Crippen LogP contribution in [-0.4, -0.2) is 51.1 Å². The molecule has 1 unspecified atom stereocenters. The average molecular weight is 319 g/mol. The molecule has 0 aliphatic carbocycles. The number of carbonyl (C=O) groups excluding carboxylic acids is 1. The molecular weight excluding hydrogens is 290 g/mol. The van der Waals surface area contributed by atoms with Crippen LogP contribution in [0.5, 0.6) is 5.75 Å². The van der Waals surface area contributed by atoms with Crippen LogP contribution in [-0.2, 0) is 4.79 Å². The van der Waals surface area contributed by atoms with Gasteiger partial charge in [0.1, 0.15) is 5.75 Å². The molecule has 1 aromatic rings. The van der Waals surface area contributed by atoms with Crippen molar-refractivity contribution in [1.29, 1.82) is 0 Å². The van der Waals surface area contributed by atoms with E-state index in [1.54, 1.807) is 7.11 Å². The molecule has 23 heavy (non-hydrogen) atoms. The predicted octanol–water partition coefficient (Wildman–Crippen LogP) is 1.95. The van der Waals surface area contributed by atoms with Gasteiger partial charge in [-0.25, -0.2) is 0 Å². The zero-order valence-corrected chi connectivity index (χ0v) is 14.3. The smallest absolute Gasteiger partial charge is 0.220 e. The second-order valence-electron chi connectivity index (χ2n) is 6.05. The van der Waals surface area contributed by atoms with Gasteiger partial charge in [0.15, 0.2) is 0 Å². The van der Waals surface area contributed by atoms with Gasteiger partial charge in [0.2, 0.25) is 5.91 Å². The summed E-state index contributed by atoms with van der Waals surface area (Å²) >= 11 is 0. The molecular formula is C18H29N3O2. The van der Waals surface area contributed by atoms with Gasteiger partial charge >= 0.3 is 0 Å². The highest BCUT2D eigenvalue weighted by Crippen LogP contribution is 2.27. The fourth-order valence-electron chi connectivity index (χ4n) is 3.08. The Morgan fingerprint density at radius 1 is 1.35 bits per heavy atom. The van der Waals surface area contributed by atoms with Gasteiger partial charge in [-0.15, -0.1) is 0 Å². The Hall–Kier alpha value is -1.59. The summed E-state index contributed by atoms with van der Waals surface area (Å²) in [5, 5.41) is 6.17. The highest BCUT2D eigenvalue weighted by molar-refractivity contribution is 5.75. The van der Waals surface area contributed by atoms with Crippen LogP contribution in [0.3, 0.4) is 0 Å². The molecule has 1 saturated heterocycles. The molecule has 1 atom stereocenters. The van der Waals surface area contributed by atoms with Gasteiger partial charge in [-0.3, -0.25) is 9.69 Å². The molecule has 1 aromatic carbocycles. The van der Waals surface area contributed by atoms with E-state index in [2.05, 4.69) is 27.7 Å². The van der Waals surface area contributed by atoms with Crippen molar-refractivity contribution in [2.45, 2.75) is 31.7 Å². The van der Waals surface area contributed by atoms with Crippen molar-refractivity contribution in [2.24, 2.45) is 0 Å². The van der Waals surface area contributed by atoms with E-state index in [9.17, 15) is 4.79 Å². The summed E-state index contributed by atoms with van der Waals surface area (Å²) in [6.07, 6.45) is 3.91. The number of methoxy groups -OCH3 is 1. The number of ether oxygens (including phenoxy) is 1. The van der Waals surface area contributed by atoms with Crippen LogP contribution in [0.4, 0.5) is 0 Å². The number of nitrogens with one attached hydrogen (secondary N) is 2. The number of carbonyl (C=O) groups is 1. The molecule has 1 heterocycles. The second-order valence-corrected chi connectivity index (χ2v) is 6.05. The number of hydrogen-bond acceptors (Lipinski definition) is 4. The van der Waals surface area contributed by atoms with Crippen LogP contribution in [0, 0.1) is 0 Å². The normalized spacial score (nSPS) is 16.3. The van der Waals surface area contributed by atoms with Crippen molar-refractivity contribution in [3.63, 3.8) is 0 Å². The third-order valence-corrected chi connectivity index (χ3v) is 4.38. The van der Waals surface area contributed by atoms with Gasteiger partial charge < -0.3 is 15.4 Å². The zero-order valence-electron chi connectivity index (χ0n) is 14.3. The van der Waals surface area contributed by atoms with Crippen LogP contribution in [0.1, 0.15) is 37.3 Å². The third kappa shape index (κ3) is 5.52. The summed E-state index contributed by atoms with van der Waals surface area (Å²) in [5.74, 6) is 0.999. The van der Waals surface area contributed by atoms with Gasteiger partial charge in [-0.05, 0) is 63.6 Å². The van der Waals surface area contributed by atoms with Crippen LogP contribution in [0.15, 0.2) is 24.3 Å². The fraction of sp³-hybridized carbons (Fsp3) is 0.611. The quantitative estimate of drug-likeness (QED) is 0.683. The summed E-state index contributed by atoms with van der Waals surface area (Å²) in [7, 11) is 3.59. The molecule has 0 bridgehead atoms. The fourth-order valence-corrected chi connectivity index (χ4v) is 3.08. The number of hydrogen-bond donors (Lipinski definition) is 2. The first-order valence-corrected chi connectivity index (χ1v) is 8.54. The van der Waals surface area contributed by atoms with E-state index in [0.29, 0.717) is 13.0 Å². The molecule has 2 N–H and O–H groups in total. The van der Waals surface area contributed by atoms with Gasteiger partial charge in [0, 0.05) is 13.0 Å². The van der Waals surface area contributed by atoms with E-state index in [4.69, 9.17) is 4.74 Å². The topological polar surface area (TPSA) is 53.6 Å². The maximum atomic E-state index is 12.0. The van der Waals surface area contributed by atoms with Gasteiger partial charge in [0.25, 0.3) is 0 Å². The molecule has 128 valence electrons. The number of amides is 1. The lowest BCUT2D eigenvalue weighted by atomic mass is 10.0. The van der Waals surface area contributed by atoms with Gasteiger partial charge in [-0.1, -0.05) is 12.1 Å². The maximum Gasteiger partial charge on any atom is 0.220 e. The van der Waals surface area contributed by atoms with Crippen molar-refractivity contribution < 1.29 is 9.53 Å². The summed E-state index contributed by atoms with van der Waals surface area (Å²) in [5.41, 5.74) is 1.21. The Bertz CT molecular complexity index is 487. The molecule has 1 aliphatic heterocycles. The Morgan fingerprint density at radius 2 is 2.13 bits per heavy atom. The molecule has 0 saturated carbocycles. The van der Waals surface area contributed by atoms with Crippen LogP contribution < -0.4 is 15.4 Å². The molecule has 0 aromatic heterocycles. The van der Waals surface area contributed by atoms with Crippen molar-refractivity contribution in [2.75, 3.05) is 40.3 Å². The number of rotatable bonds is 9. The number of benzene rings is 1. The van der Waals surface area contributed by atoms with Gasteiger partial charge in [0.05, 0.1) is 13.2 Å².